The summed E-state index contributed by atoms with van der Waals surface area (Å²) in [6.45, 7) is 0. The lowest BCUT2D eigenvalue weighted by Crippen LogP contribution is -2.45. The number of hydrogen-bond donors (Lipinski definition) is 4. The molecule has 0 spiro atoms. The second kappa shape index (κ2) is 5.66. The van der Waals surface area contributed by atoms with Crippen LogP contribution in [0.2, 0.25) is 0 Å². The first-order valence-corrected chi connectivity index (χ1v) is 6.13. The van der Waals surface area contributed by atoms with Gasteiger partial charge in [0.05, 0.1) is 17.8 Å². The van der Waals surface area contributed by atoms with E-state index in [1.54, 1.807) is 0 Å². The van der Waals surface area contributed by atoms with Gasteiger partial charge >= 0.3 is 0 Å². The minimum atomic E-state index is -4.08. The fourth-order valence-corrected chi connectivity index (χ4v) is 1.51. The third-order valence-corrected chi connectivity index (χ3v) is 2.76. The minimum Gasteiger partial charge on any atom is -0.321 e. The molecule has 1 unspecified atom stereocenters. The summed E-state index contributed by atoms with van der Waals surface area (Å²) < 4.78 is 29.1. The van der Waals surface area contributed by atoms with Crippen molar-refractivity contribution < 1.29 is 17.8 Å². The van der Waals surface area contributed by atoms with Crippen molar-refractivity contribution in [1.29, 1.82) is 0 Å². The van der Waals surface area contributed by atoms with Crippen molar-refractivity contribution in [2.24, 2.45) is 11.5 Å². The Morgan fingerprint density at radius 2 is 1.86 bits per heavy atom. The second-order valence-corrected chi connectivity index (χ2v) is 4.81. The number of rotatable bonds is 6. The molecule has 0 saturated carbocycles. The lowest BCUT2D eigenvalue weighted by atomic mass is 10.1. The van der Waals surface area contributed by atoms with Gasteiger partial charge < -0.3 is 11.5 Å². The fourth-order valence-electron chi connectivity index (χ4n) is 0.783. The molecule has 0 aromatic carbocycles. The molecule has 14 heavy (non-hydrogen) atoms. The first-order valence-electron chi connectivity index (χ1n) is 3.89. The number of Topliss-reactive ketones (excluding diaryl/α,β-unsaturated/α-hetero) is 1. The summed E-state index contributed by atoms with van der Waals surface area (Å²) in [5.41, 5.74) is 10.7. The molecule has 0 amide bonds. The van der Waals surface area contributed by atoms with Crippen LogP contribution in [0.1, 0.15) is 6.42 Å². The van der Waals surface area contributed by atoms with Crippen LogP contribution in [-0.4, -0.2) is 42.3 Å². The molecule has 0 aliphatic rings. The maximum Gasteiger partial charge on any atom is 0.264 e. The number of hydrogen-bond acceptors (Lipinski definition) is 6. The van der Waals surface area contributed by atoms with Crippen LogP contribution in [0.5, 0.6) is 0 Å². The van der Waals surface area contributed by atoms with Gasteiger partial charge in [-0.1, -0.05) is 0 Å². The van der Waals surface area contributed by atoms with Crippen molar-refractivity contribution in [3.8, 4) is 0 Å². The normalized spacial score (nSPS) is 16.3. The zero-order valence-electron chi connectivity index (χ0n) is 7.46. The smallest absolute Gasteiger partial charge is 0.264 e. The zero-order chi connectivity index (χ0) is 11.4. The Labute approximate surface area is 88.2 Å². The second-order valence-electron chi connectivity index (χ2n) is 2.87. The highest BCUT2D eigenvalue weighted by atomic mass is 32.2. The first-order chi connectivity index (χ1) is 6.28. The van der Waals surface area contributed by atoms with Crippen molar-refractivity contribution in [2.75, 3.05) is 11.5 Å². The molecule has 0 heterocycles. The highest BCUT2D eigenvalue weighted by Crippen LogP contribution is 1.98. The van der Waals surface area contributed by atoms with E-state index in [0.717, 1.165) is 0 Å². The molecule has 0 bridgehead atoms. The third kappa shape index (κ3) is 5.55. The van der Waals surface area contributed by atoms with E-state index in [1.807, 2.05) is 0 Å². The standard InChI is InChI=1S/C6H14N2O4S2/c7-4(1-2-14(10,11)12)6(9)5(8)3-13/h4-5,13H,1-3,7-8H2,(H,10,11,12)/t4?,5-/m0/s1. The van der Waals surface area contributed by atoms with Crippen LogP contribution in [0.25, 0.3) is 0 Å². The van der Waals surface area contributed by atoms with Gasteiger partial charge in [0.1, 0.15) is 0 Å². The molecule has 0 aromatic heterocycles. The molecular weight excluding hydrogens is 228 g/mol. The van der Waals surface area contributed by atoms with Crippen LogP contribution < -0.4 is 11.5 Å². The van der Waals surface area contributed by atoms with Crippen LogP contribution in [0.15, 0.2) is 0 Å². The van der Waals surface area contributed by atoms with Crippen molar-refractivity contribution in [3.05, 3.63) is 0 Å². The Hall–Kier alpha value is -0.150. The summed E-state index contributed by atoms with van der Waals surface area (Å²) in [6.07, 6.45) is -0.140. The number of carbonyl (C=O) groups excluding carboxylic acids is 1. The Kier molecular flexibility index (Phi) is 5.60. The molecule has 0 fully saturated rings. The van der Waals surface area contributed by atoms with E-state index >= 15 is 0 Å². The number of carbonyl (C=O) groups is 1. The highest BCUT2D eigenvalue weighted by Gasteiger charge is 2.21. The lowest BCUT2D eigenvalue weighted by Gasteiger charge is -2.13. The Morgan fingerprint density at radius 3 is 2.21 bits per heavy atom. The van der Waals surface area contributed by atoms with E-state index in [2.05, 4.69) is 12.6 Å². The van der Waals surface area contributed by atoms with Crippen molar-refractivity contribution >= 4 is 28.5 Å². The topological polar surface area (TPSA) is 123 Å². The van der Waals surface area contributed by atoms with Crippen molar-refractivity contribution in [2.45, 2.75) is 18.5 Å². The average Bonchev–Trinajstić information content (AvgIpc) is 2.10. The van der Waals surface area contributed by atoms with Gasteiger partial charge in [-0.15, -0.1) is 0 Å². The van der Waals surface area contributed by atoms with E-state index in [-0.39, 0.29) is 12.2 Å². The molecule has 5 N–H and O–H groups in total. The lowest BCUT2D eigenvalue weighted by molar-refractivity contribution is -0.121. The van der Waals surface area contributed by atoms with Crippen LogP contribution in [0.3, 0.4) is 0 Å². The van der Waals surface area contributed by atoms with E-state index in [0.29, 0.717) is 0 Å². The van der Waals surface area contributed by atoms with Gasteiger partial charge in [-0.3, -0.25) is 9.35 Å². The van der Waals surface area contributed by atoms with Gasteiger partial charge in [0.2, 0.25) is 0 Å². The third-order valence-electron chi connectivity index (χ3n) is 1.61. The zero-order valence-corrected chi connectivity index (χ0v) is 9.17. The van der Waals surface area contributed by atoms with Gasteiger partial charge in [0.15, 0.2) is 5.78 Å². The van der Waals surface area contributed by atoms with Crippen LogP contribution in [0, 0.1) is 0 Å². The van der Waals surface area contributed by atoms with Crippen molar-refractivity contribution in [1.82, 2.24) is 0 Å². The summed E-state index contributed by atoms with van der Waals surface area (Å²) in [5.74, 6) is -0.846. The fraction of sp³-hybridized carbons (Fsp3) is 0.833. The summed E-state index contributed by atoms with van der Waals surface area (Å²) >= 11 is 3.81. The summed E-state index contributed by atoms with van der Waals surface area (Å²) in [7, 11) is -4.08. The van der Waals surface area contributed by atoms with Gasteiger partial charge in [-0.25, -0.2) is 0 Å². The Bertz CT molecular complexity index is 290. The maximum atomic E-state index is 11.2. The molecule has 0 aliphatic heterocycles. The Morgan fingerprint density at radius 1 is 1.36 bits per heavy atom. The molecule has 6 nitrogen and oxygen atoms in total. The molecule has 0 aliphatic carbocycles. The van der Waals surface area contributed by atoms with E-state index in [9.17, 15) is 13.2 Å². The molecule has 0 saturated heterocycles. The average molecular weight is 242 g/mol. The molecule has 2 atom stereocenters. The van der Waals surface area contributed by atoms with E-state index in [4.69, 9.17) is 16.0 Å². The molecule has 84 valence electrons. The Balaban J connectivity index is 4.09. The number of nitrogens with two attached hydrogens (primary N) is 2. The predicted octanol–water partition coefficient (Wildman–Crippen LogP) is -1.58. The van der Waals surface area contributed by atoms with Gasteiger partial charge in [0.25, 0.3) is 10.1 Å². The quantitative estimate of drug-likeness (QED) is 0.329. The van der Waals surface area contributed by atoms with Gasteiger partial charge in [-0.2, -0.15) is 21.0 Å². The summed E-state index contributed by atoms with van der Waals surface area (Å²) in [4.78, 5) is 11.2. The molecule has 0 rings (SSSR count). The summed E-state index contributed by atoms with van der Waals surface area (Å²) in [5, 5.41) is 0. The maximum absolute atomic E-state index is 11.2. The summed E-state index contributed by atoms with van der Waals surface area (Å²) in [6, 6.07) is -1.77. The number of ketones is 1. The van der Waals surface area contributed by atoms with Crippen molar-refractivity contribution in [3.63, 3.8) is 0 Å². The van der Waals surface area contributed by atoms with Crippen LogP contribution in [-0.2, 0) is 14.9 Å². The van der Waals surface area contributed by atoms with Gasteiger partial charge in [-0.05, 0) is 6.42 Å². The number of thiol groups is 1. The van der Waals surface area contributed by atoms with Crippen LogP contribution >= 0.6 is 12.6 Å². The SMILES string of the molecule is NC(CCS(=O)(=O)O)C(=O)[C@@H](N)CS. The largest absolute Gasteiger partial charge is 0.321 e. The predicted molar refractivity (Wildman–Crippen MR) is 55.8 cm³/mol. The van der Waals surface area contributed by atoms with Gasteiger partial charge in [0, 0.05) is 5.75 Å². The molecule has 0 aromatic rings. The van der Waals surface area contributed by atoms with E-state index < -0.39 is 33.7 Å². The molecular formula is C6H14N2O4S2. The minimum absolute atomic E-state index is 0.140. The molecule has 0 radical (unpaired) electrons. The van der Waals surface area contributed by atoms with E-state index in [1.165, 1.54) is 0 Å². The monoisotopic (exact) mass is 242 g/mol. The molecule has 8 heteroatoms. The highest BCUT2D eigenvalue weighted by molar-refractivity contribution is 7.85. The first kappa shape index (κ1) is 13.8. The van der Waals surface area contributed by atoms with Crippen LogP contribution in [0.4, 0.5) is 0 Å².